The summed E-state index contributed by atoms with van der Waals surface area (Å²) in [5.74, 6) is 1.80. The van der Waals surface area contributed by atoms with E-state index in [0.717, 1.165) is 11.7 Å². The van der Waals surface area contributed by atoms with E-state index < -0.39 is 0 Å². The molecule has 0 amide bonds. The second-order valence-electron chi connectivity index (χ2n) is 3.65. The van der Waals surface area contributed by atoms with Crippen molar-refractivity contribution in [3.05, 3.63) is 29.3 Å². The Kier molecular flexibility index (Phi) is 1.80. The van der Waals surface area contributed by atoms with Crippen LogP contribution in [0.1, 0.15) is 18.1 Å². The fourth-order valence-electron chi connectivity index (χ4n) is 1.94. The van der Waals surface area contributed by atoms with Crippen molar-refractivity contribution in [3.8, 4) is 5.75 Å². The van der Waals surface area contributed by atoms with Gasteiger partial charge in [0.15, 0.2) is 0 Å². The van der Waals surface area contributed by atoms with Crippen LogP contribution in [0.4, 0.5) is 0 Å². The fraction of sp³-hybridized carbons (Fsp3) is 0.455. The Bertz CT molecular complexity index is 291. The molecule has 0 radical (unpaired) electrons. The Morgan fingerprint density at radius 2 is 2.00 bits per heavy atom. The van der Waals surface area contributed by atoms with Crippen LogP contribution in [-0.2, 0) is 12.8 Å². The van der Waals surface area contributed by atoms with Crippen molar-refractivity contribution in [2.45, 2.75) is 19.8 Å². The molecule has 1 aliphatic rings. The molecule has 1 heteroatoms. The minimum atomic E-state index is 0.812. The average molecular weight is 162 g/mol. The highest BCUT2D eigenvalue weighted by Crippen LogP contribution is 2.29. The van der Waals surface area contributed by atoms with Gasteiger partial charge in [0.05, 0.1) is 7.11 Å². The van der Waals surface area contributed by atoms with Crippen LogP contribution in [0.5, 0.6) is 5.75 Å². The number of rotatable bonds is 1. The van der Waals surface area contributed by atoms with Gasteiger partial charge in [-0.2, -0.15) is 0 Å². The number of hydrogen-bond donors (Lipinski definition) is 0. The molecule has 0 heterocycles. The van der Waals surface area contributed by atoms with Gasteiger partial charge < -0.3 is 4.74 Å². The lowest BCUT2D eigenvalue weighted by Crippen LogP contribution is -1.89. The molecule has 0 aliphatic heterocycles. The van der Waals surface area contributed by atoms with Crippen molar-refractivity contribution >= 4 is 0 Å². The largest absolute Gasteiger partial charge is 0.497 e. The first-order chi connectivity index (χ1) is 5.79. The van der Waals surface area contributed by atoms with Crippen molar-refractivity contribution in [1.29, 1.82) is 0 Å². The first-order valence-electron chi connectivity index (χ1n) is 4.45. The van der Waals surface area contributed by atoms with Crippen molar-refractivity contribution in [1.82, 2.24) is 0 Å². The summed E-state index contributed by atoms with van der Waals surface area (Å²) in [6.07, 6.45) is 2.45. The molecule has 0 fully saturated rings. The first-order valence-corrected chi connectivity index (χ1v) is 4.45. The van der Waals surface area contributed by atoms with Crippen LogP contribution in [-0.4, -0.2) is 7.11 Å². The Labute approximate surface area is 73.4 Å². The van der Waals surface area contributed by atoms with E-state index in [9.17, 15) is 0 Å². The number of benzene rings is 1. The predicted octanol–water partition coefficient (Wildman–Crippen LogP) is 2.43. The standard InChI is InChI=1S/C11H14O/c1-8-5-9-3-4-11(12-2)7-10(9)6-8/h3-4,7-8H,5-6H2,1-2H3/t8-/m0/s1. The average Bonchev–Trinajstić information content (AvgIpc) is 2.43. The summed E-state index contributed by atoms with van der Waals surface area (Å²) in [4.78, 5) is 0. The molecule has 0 unspecified atom stereocenters. The minimum absolute atomic E-state index is 0.812. The van der Waals surface area contributed by atoms with Crippen LogP contribution in [0.3, 0.4) is 0 Å². The molecule has 1 aliphatic carbocycles. The predicted molar refractivity (Wildman–Crippen MR) is 49.6 cm³/mol. The van der Waals surface area contributed by atoms with E-state index in [1.165, 1.54) is 24.0 Å². The van der Waals surface area contributed by atoms with Crippen LogP contribution in [0.15, 0.2) is 18.2 Å². The molecule has 1 nitrogen and oxygen atoms in total. The summed E-state index contributed by atoms with van der Waals surface area (Å²) < 4.78 is 5.17. The van der Waals surface area contributed by atoms with Gasteiger partial charge >= 0.3 is 0 Å². The Balaban J connectivity index is 2.35. The van der Waals surface area contributed by atoms with Crippen molar-refractivity contribution in [2.75, 3.05) is 7.11 Å². The van der Waals surface area contributed by atoms with Gasteiger partial charge in [-0.1, -0.05) is 13.0 Å². The molecule has 0 spiro atoms. The molecule has 64 valence electrons. The second kappa shape index (κ2) is 2.81. The maximum Gasteiger partial charge on any atom is 0.119 e. The third-order valence-corrected chi connectivity index (χ3v) is 2.55. The van der Waals surface area contributed by atoms with E-state index in [-0.39, 0.29) is 0 Å². The Morgan fingerprint density at radius 1 is 1.25 bits per heavy atom. The zero-order valence-corrected chi connectivity index (χ0v) is 7.63. The molecule has 0 bridgehead atoms. The molecule has 12 heavy (non-hydrogen) atoms. The quantitative estimate of drug-likeness (QED) is 0.616. The summed E-state index contributed by atoms with van der Waals surface area (Å²) in [7, 11) is 1.72. The SMILES string of the molecule is COc1ccc2c(c1)C[C@@H](C)C2. The van der Waals surface area contributed by atoms with Gasteiger partial charge in [-0.15, -0.1) is 0 Å². The fourth-order valence-corrected chi connectivity index (χ4v) is 1.94. The molecule has 0 aromatic heterocycles. The summed E-state index contributed by atoms with van der Waals surface area (Å²) in [6, 6.07) is 6.41. The lowest BCUT2D eigenvalue weighted by Gasteiger charge is -2.02. The summed E-state index contributed by atoms with van der Waals surface area (Å²) in [5, 5.41) is 0. The van der Waals surface area contributed by atoms with Gasteiger partial charge in [-0.25, -0.2) is 0 Å². The van der Waals surface area contributed by atoms with E-state index >= 15 is 0 Å². The van der Waals surface area contributed by atoms with Gasteiger partial charge in [-0.05, 0) is 42.0 Å². The highest BCUT2D eigenvalue weighted by Gasteiger charge is 2.17. The van der Waals surface area contributed by atoms with Gasteiger partial charge in [-0.3, -0.25) is 0 Å². The van der Waals surface area contributed by atoms with Crippen LogP contribution < -0.4 is 4.74 Å². The van der Waals surface area contributed by atoms with Gasteiger partial charge in [0, 0.05) is 0 Å². The number of methoxy groups -OCH3 is 1. The lowest BCUT2D eigenvalue weighted by molar-refractivity contribution is 0.414. The van der Waals surface area contributed by atoms with Crippen molar-refractivity contribution in [2.24, 2.45) is 5.92 Å². The molecule has 0 saturated carbocycles. The molecular weight excluding hydrogens is 148 g/mol. The van der Waals surface area contributed by atoms with E-state index in [0.29, 0.717) is 0 Å². The van der Waals surface area contributed by atoms with Crippen molar-refractivity contribution in [3.63, 3.8) is 0 Å². The normalized spacial score (nSPS) is 20.7. The topological polar surface area (TPSA) is 9.23 Å². The zero-order chi connectivity index (χ0) is 8.55. The summed E-state index contributed by atoms with van der Waals surface area (Å²) in [5.41, 5.74) is 2.98. The van der Waals surface area contributed by atoms with E-state index in [4.69, 9.17) is 4.74 Å². The zero-order valence-electron chi connectivity index (χ0n) is 7.63. The summed E-state index contributed by atoms with van der Waals surface area (Å²) in [6.45, 7) is 2.30. The maximum atomic E-state index is 5.17. The van der Waals surface area contributed by atoms with Crippen LogP contribution >= 0.6 is 0 Å². The Morgan fingerprint density at radius 3 is 2.75 bits per heavy atom. The summed E-state index contributed by atoms with van der Waals surface area (Å²) >= 11 is 0. The lowest BCUT2D eigenvalue weighted by atomic mass is 10.1. The smallest absolute Gasteiger partial charge is 0.119 e. The Hall–Kier alpha value is -0.980. The van der Waals surface area contributed by atoms with Crippen LogP contribution in [0.2, 0.25) is 0 Å². The highest BCUT2D eigenvalue weighted by molar-refractivity contribution is 5.38. The molecule has 1 aromatic rings. The molecule has 2 rings (SSSR count). The third-order valence-electron chi connectivity index (χ3n) is 2.55. The highest BCUT2D eigenvalue weighted by atomic mass is 16.5. The van der Waals surface area contributed by atoms with E-state index in [1.54, 1.807) is 7.11 Å². The van der Waals surface area contributed by atoms with E-state index in [1.807, 2.05) is 0 Å². The number of ether oxygens (including phenoxy) is 1. The molecule has 0 N–H and O–H groups in total. The van der Waals surface area contributed by atoms with Gasteiger partial charge in [0.25, 0.3) is 0 Å². The molecule has 1 aromatic carbocycles. The third kappa shape index (κ3) is 1.20. The van der Waals surface area contributed by atoms with Crippen LogP contribution in [0.25, 0.3) is 0 Å². The van der Waals surface area contributed by atoms with Gasteiger partial charge in [0.1, 0.15) is 5.75 Å². The van der Waals surface area contributed by atoms with Gasteiger partial charge in [0.2, 0.25) is 0 Å². The molecular formula is C11H14O. The molecule has 0 saturated heterocycles. The number of hydrogen-bond acceptors (Lipinski definition) is 1. The first kappa shape index (κ1) is 7.66. The maximum absolute atomic E-state index is 5.17. The molecule has 1 atom stereocenters. The monoisotopic (exact) mass is 162 g/mol. The van der Waals surface area contributed by atoms with E-state index in [2.05, 4.69) is 25.1 Å². The number of fused-ring (bicyclic) bond motifs is 1. The van der Waals surface area contributed by atoms with Crippen molar-refractivity contribution < 1.29 is 4.74 Å². The second-order valence-corrected chi connectivity index (χ2v) is 3.65. The minimum Gasteiger partial charge on any atom is -0.497 e. The van der Waals surface area contributed by atoms with Crippen LogP contribution in [0, 0.1) is 5.92 Å².